The first kappa shape index (κ1) is 35.3. The number of nitrogens with one attached hydrogen (secondary N) is 2. The number of aromatic nitrogens is 2. The molecule has 0 atom stereocenters. The van der Waals surface area contributed by atoms with Gasteiger partial charge in [0.2, 0.25) is 0 Å². The van der Waals surface area contributed by atoms with E-state index in [1.807, 2.05) is 45.6 Å². The van der Waals surface area contributed by atoms with Crippen LogP contribution in [-0.4, -0.2) is 66.6 Å². The zero-order valence-electron chi connectivity index (χ0n) is 28.1. The zero-order chi connectivity index (χ0) is 34.5. The summed E-state index contributed by atoms with van der Waals surface area (Å²) in [6, 6.07) is 10.2. The average Bonchev–Trinajstić information content (AvgIpc) is 3.57. The lowest BCUT2D eigenvalue weighted by atomic mass is 10.0. The van der Waals surface area contributed by atoms with Gasteiger partial charge in [-0.2, -0.15) is 13.2 Å². The molecule has 2 aromatic carbocycles. The largest absolute Gasteiger partial charge is 0.416 e. The van der Waals surface area contributed by atoms with Crippen LogP contribution in [0.25, 0.3) is 11.0 Å². The first-order valence-electron chi connectivity index (χ1n) is 16.1. The highest BCUT2D eigenvalue weighted by molar-refractivity contribution is 6.12. The summed E-state index contributed by atoms with van der Waals surface area (Å²) < 4.78 is 41.5. The number of alkyl halides is 3. The first-order valence-corrected chi connectivity index (χ1v) is 16.1. The summed E-state index contributed by atoms with van der Waals surface area (Å²) in [5, 5.41) is 3.51. The van der Waals surface area contributed by atoms with Crippen LogP contribution >= 0.6 is 0 Å². The molecule has 1 saturated heterocycles. The van der Waals surface area contributed by atoms with Gasteiger partial charge < -0.3 is 20.1 Å². The number of H-pyrrole nitrogens is 1. The molecule has 0 spiro atoms. The van der Waals surface area contributed by atoms with Crippen molar-refractivity contribution in [3.05, 3.63) is 77.1 Å². The molecule has 4 heterocycles. The molecule has 4 aromatic rings. The van der Waals surface area contributed by atoms with Gasteiger partial charge in [-0.15, -0.1) is 0 Å². The summed E-state index contributed by atoms with van der Waals surface area (Å²) in [7, 11) is 1.69. The van der Waals surface area contributed by atoms with Crippen LogP contribution in [0.3, 0.4) is 0 Å². The molecule has 1 fully saturated rings. The van der Waals surface area contributed by atoms with Crippen molar-refractivity contribution in [1.82, 2.24) is 14.9 Å². The Morgan fingerprint density at radius 3 is 2.36 bits per heavy atom. The number of pyridine rings is 1. The van der Waals surface area contributed by atoms with E-state index in [9.17, 15) is 22.8 Å². The Morgan fingerprint density at radius 1 is 1.00 bits per heavy atom. The average molecular weight is 652 g/mol. The second kappa shape index (κ2) is 14.9. The standard InChI is InChI=1S/C31H32F3N7O2.2C2H6/c1-4-39-9-11-40(12-10-39)24-15-22(31(32,33)34)14-23(16-24)37-29(42)20-6-5-19(2)26(13-20)41-18-21-17-36-28-25(7-8-35-28)27(21)38(3)30(41)43;2*1-2/h5-8,13-17H,4,9-12,18H2,1-3H3,(H,35,36)(H,37,42);2*1-2H3. The quantitative estimate of drug-likeness (QED) is 0.229. The van der Waals surface area contributed by atoms with E-state index in [0.29, 0.717) is 30.1 Å². The molecule has 0 aliphatic carbocycles. The predicted molar refractivity (Wildman–Crippen MR) is 184 cm³/mol. The molecule has 0 radical (unpaired) electrons. The van der Waals surface area contributed by atoms with Gasteiger partial charge in [-0.1, -0.05) is 40.7 Å². The second-order valence-corrected chi connectivity index (χ2v) is 10.9. The number of aryl methyl sites for hydroxylation is 1. The second-order valence-electron chi connectivity index (χ2n) is 10.9. The number of urea groups is 1. The number of benzene rings is 2. The summed E-state index contributed by atoms with van der Waals surface area (Å²) in [6.45, 7) is 15.7. The van der Waals surface area contributed by atoms with Crippen molar-refractivity contribution in [1.29, 1.82) is 0 Å². The number of carbonyl (C=O) groups excluding carboxylic acids is 2. The van der Waals surface area contributed by atoms with Crippen LogP contribution < -0.4 is 20.0 Å². The maximum atomic E-state index is 13.8. The van der Waals surface area contributed by atoms with Crippen LogP contribution in [0.15, 0.2) is 54.9 Å². The molecule has 252 valence electrons. The van der Waals surface area contributed by atoms with Gasteiger partial charge in [0.1, 0.15) is 5.65 Å². The van der Waals surface area contributed by atoms with Gasteiger partial charge in [-0.25, -0.2) is 9.78 Å². The number of hydrogen-bond donors (Lipinski definition) is 2. The summed E-state index contributed by atoms with van der Waals surface area (Å²) in [5.41, 5.74) is 3.46. The van der Waals surface area contributed by atoms with Gasteiger partial charge in [-0.3, -0.25) is 14.6 Å². The van der Waals surface area contributed by atoms with Crippen LogP contribution in [0, 0.1) is 6.92 Å². The third-order valence-corrected chi connectivity index (χ3v) is 8.27. The maximum absolute atomic E-state index is 13.8. The number of amides is 3. The number of hydrogen-bond acceptors (Lipinski definition) is 5. The van der Waals surface area contributed by atoms with E-state index in [4.69, 9.17) is 0 Å². The lowest BCUT2D eigenvalue weighted by Gasteiger charge is -2.36. The van der Waals surface area contributed by atoms with Crippen LogP contribution in [0.5, 0.6) is 0 Å². The Morgan fingerprint density at radius 2 is 1.70 bits per heavy atom. The van der Waals surface area contributed by atoms with E-state index in [1.165, 1.54) is 0 Å². The summed E-state index contributed by atoms with van der Waals surface area (Å²) in [6.07, 6.45) is -1.08. The van der Waals surface area contributed by atoms with Crippen molar-refractivity contribution in [2.45, 2.75) is 54.3 Å². The Labute approximate surface area is 274 Å². The highest BCUT2D eigenvalue weighted by atomic mass is 19.4. The number of nitrogens with zero attached hydrogens (tertiary/aromatic N) is 5. The highest BCUT2D eigenvalue weighted by Crippen LogP contribution is 2.38. The topological polar surface area (TPSA) is 87.8 Å². The van der Waals surface area contributed by atoms with Crippen molar-refractivity contribution in [2.24, 2.45) is 0 Å². The van der Waals surface area contributed by atoms with Crippen LogP contribution in [0.2, 0.25) is 0 Å². The molecule has 2 N–H and O–H groups in total. The van der Waals surface area contributed by atoms with Crippen LogP contribution in [0.4, 0.5) is 40.7 Å². The summed E-state index contributed by atoms with van der Waals surface area (Å²) in [4.78, 5) is 41.8. The molecule has 12 heteroatoms. The van der Waals surface area contributed by atoms with E-state index in [1.54, 1.807) is 53.5 Å². The zero-order valence-corrected chi connectivity index (χ0v) is 28.1. The number of rotatable bonds is 5. The number of likely N-dealkylation sites (N-methyl/N-ethyl adjacent to an activating group) is 1. The fraction of sp³-hybridized carbons (Fsp3) is 0.400. The third kappa shape index (κ3) is 7.38. The minimum absolute atomic E-state index is 0.0548. The first-order chi connectivity index (χ1) is 22.5. The molecule has 0 saturated carbocycles. The van der Waals surface area contributed by atoms with E-state index in [0.717, 1.165) is 54.0 Å². The molecule has 9 nitrogen and oxygen atoms in total. The van der Waals surface area contributed by atoms with Gasteiger partial charge >= 0.3 is 12.2 Å². The molecule has 3 amide bonds. The number of halogens is 3. The molecule has 6 rings (SSSR count). The number of anilines is 4. The lowest BCUT2D eigenvalue weighted by Crippen LogP contribution is -2.46. The van der Waals surface area contributed by atoms with Gasteiger partial charge in [-0.05, 0) is 55.4 Å². The van der Waals surface area contributed by atoms with E-state index in [-0.39, 0.29) is 23.8 Å². The molecule has 2 aromatic heterocycles. The number of piperazine rings is 1. The number of aromatic amines is 1. The molecular weight excluding hydrogens is 607 g/mol. The smallest absolute Gasteiger partial charge is 0.369 e. The van der Waals surface area contributed by atoms with Crippen molar-refractivity contribution in [3.8, 4) is 0 Å². The van der Waals surface area contributed by atoms with Crippen molar-refractivity contribution >= 4 is 45.7 Å². The van der Waals surface area contributed by atoms with Crippen LogP contribution in [0.1, 0.15) is 61.7 Å². The Kier molecular flexibility index (Phi) is 11.2. The predicted octanol–water partition coefficient (Wildman–Crippen LogP) is 7.91. The minimum Gasteiger partial charge on any atom is -0.369 e. The fourth-order valence-corrected chi connectivity index (χ4v) is 5.85. The summed E-state index contributed by atoms with van der Waals surface area (Å²) in [5.74, 6) is -0.573. The Balaban J connectivity index is 0.00000120. The minimum atomic E-state index is -4.57. The Bertz CT molecular complexity index is 1710. The fourth-order valence-electron chi connectivity index (χ4n) is 5.85. The number of fused-ring (bicyclic) bond motifs is 3. The molecular formula is C35H44F3N7O2. The molecule has 2 aliphatic heterocycles. The molecule has 2 aliphatic rings. The van der Waals surface area contributed by atoms with Gasteiger partial charge in [0.05, 0.1) is 17.8 Å². The van der Waals surface area contributed by atoms with Crippen molar-refractivity contribution in [3.63, 3.8) is 0 Å². The third-order valence-electron chi connectivity index (χ3n) is 8.27. The van der Waals surface area contributed by atoms with Gasteiger partial charge in [0.25, 0.3) is 5.91 Å². The summed E-state index contributed by atoms with van der Waals surface area (Å²) >= 11 is 0. The van der Waals surface area contributed by atoms with E-state index in [2.05, 4.69) is 27.1 Å². The molecule has 0 unspecified atom stereocenters. The maximum Gasteiger partial charge on any atom is 0.416 e. The number of carbonyl (C=O) groups is 2. The van der Waals surface area contributed by atoms with E-state index < -0.39 is 17.6 Å². The SMILES string of the molecule is CC.CC.CCN1CCN(c2cc(NC(=O)c3ccc(C)c(N4Cc5cnc6[nH]ccc6c5N(C)C4=O)c3)cc(C(F)(F)F)c2)CC1. The van der Waals surface area contributed by atoms with Gasteiger partial charge in [0, 0.05) is 79.2 Å². The van der Waals surface area contributed by atoms with E-state index >= 15 is 0 Å². The van der Waals surface area contributed by atoms with Gasteiger partial charge in [0.15, 0.2) is 0 Å². The highest BCUT2D eigenvalue weighted by Gasteiger charge is 2.34. The van der Waals surface area contributed by atoms with Crippen LogP contribution in [-0.2, 0) is 12.7 Å². The molecule has 47 heavy (non-hydrogen) atoms. The lowest BCUT2D eigenvalue weighted by molar-refractivity contribution is -0.137. The Hall–Kier alpha value is -4.58. The normalized spacial score (nSPS) is 15.0. The monoisotopic (exact) mass is 651 g/mol. The van der Waals surface area contributed by atoms with Crippen molar-refractivity contribution < 1.29 is 22.8 Å². The van der Waals surface area contributed by atoms with Crippen molar-refractivity contribution in [2.75, 3.05) is 59.8 Å². The molecule has 0 bridgehead atoms.